The number of carbonyl (C=O) groups excluding carboxylic acids is 3. The van der Waals surface area contributed by atoms with Crippen molar-refractivity contribution in [3.8, 4) is 0 Å². The van der Waals surface area contributed by atoms with E-state index in [9.17, 15) is 74.9 Å². The quantitative estimate of drug-likeness (QED) is 0.00886. The average molecular weight is 1410 g/mol. The summed E-state index contributed by atoms with van der Waals surface area (Å²) in [5.74, 6) is -2.00. The number of allylic oxidation sites excluding steroid dienone is 4. The monoisotopic (exact) mass is 1410 g/mol. The van der Waals surface area contributed by atoms with Crippen molar-refractivity contribution in [2.45, 2.75) is 388 Å². The van der Waals surface area contributed by atoms with Gasteiger partial charge < -0.3 is 89.1 Å². The molecule has 3 rings (SSSR count). The Balaban J connectivity index is 1.73. The van der Waals surface area contributed by atoms with E-state index in [-0.39, 0.29) is 19.3 Å². The molecule has 0 radical (unpaired) electrons. The SMILES string of the molecule is CCCCCC/C=C\CCCCCCCCCC(=O)OCC(COP(=O)(O)OC1C(OC2OC(CO)C(O)C(O)C2O)C(O)C(O)C(O)C1OC1OC(COC(=O)CCCCCCCCC/C=C\CCCCCC)C(O)C(O)C1O)OC(=O)CCCCCCCCCCCCCC. The number of unbranched alkanes of at least 4 members (excludes halogenated alkanes) is 33. The summed E-state index contributed by atoms with van der Waals surface area (Å²) in [7, 11) is -5.69. The van der Waals surface area contributed by atoms with Gasteiger partial charge in [-0.05, 0) is 70.6 Å². The molecule has 1 saturated carbocycles. The summed E-state index contributed by atoms with van der Waals surface area (Å²) in [5.41, 5.74) is 0. The van der Waals surface area contributed by atoms with Crippen LogP contribution in [0.15, 0.2) is 24.3 Å². The van der Waals surface area contributed by atoms with Gasteiger partial charge in [0.25, 0.3) is 0 Å². The molecule has 568 valence electrons. The van der Waals surface area contributed by atoms with E-state index in [1.54, 1.807) is 0 Å². The Bertz CT molecular complexity index is 2110. The number of hydrogen-bond donors (Lipinski definition) is 11. The van der Waals surface area contributed by atoms with E-state index < -0.39 is 156 Å². The summed E-state index contributed by atoms with van der Waals surface area (Å²) in [6.45, 7) is 3.41. The minimum atomic E-state index is -5.69. The van der Waals surface area contributed by atoms with Crippen molar-refractivity contribution in [3.63, 3.8) is 0 Å². The molecule has 18 atom stereocenters. The third-order valence-electron chi connectivity index (χ3n) is 18.5. The lowest BCUT2D eigenvalue weighted by atomic mass is 9.84. The molecule has 0 aromatic rings. The maximum atomic E-state index is 14.3. The molecule has 0 aromatic heterocycles. The van der Waals surface area contributed by atoms with Crippen LogP contribution in [0.3, 0.4) is 0 Å². The maximum absolute atomic E-state index is 14.3. The van der Waals surface area contributed by atoms with Crippen LogP contribution in [0.4, 0.5) is 0 Å². The van der Waals surface area contributed by atoms with Gasteiger partial charge in [-0.25, -0.2) is 4.57 Å². The molecule has 3 fully saturated rings. The first kappa shape index (κ1) is 88.7. The van der Waals surface area contributed by atoms with Crippen molar-refractivity contribution in [1.29, 1.82) is 0 Å². The third-order valence-corrected chi connectivity index (χ3v) is 19.4. The average Bonchev–Trinajstić information content (AvgIpc) is 0.763. The fourth-order valence-corrected chi connectivity index (χ4v) is 13.2. The Hall–Kier alpha value is -2.56. The number of rotatable bonds is 58. The van der Waals surface area contributed by atoms with Crippen LogP contribution in [0.25, 0.3) is 0 Å². The van der Waals surface area contributed by atoms with Crippen LogP contribution >= 0.6 is 7.82 Å². The molecule has 3 aliphatic rings. The van der Waals surface area contributed by atoms with Crippen LogP contribution in [0.1, 0.15) is 284 Å². The van der Waals surface area contributed by atoms with Gasteiger partial charge in [0, 0.05) is 19.3 Å². The van der Waals surface area contributed by atoms with E-state index >= 15 is 0 Å². The standard InChI is InChI=1S/C72H131O24P/c1-4-7-10-13-16-19-22-25-27-29-32-34-37-40-43-46-56(74)88-50-53(91-58(76)48-45-42-39-36-31-24-21-18-15-12-9-6-3)51-90-97(86,87)96-70-68(94-71-66(84)61(79)59(77)54(49-73)92-71)64(82)63(81)65(83)69(70)95-72-67(85)62(80)60(78)55(93-72)52-89-57(75)47-44-41-38-35-33-30-28-26-23-20-17-14-11-8-5-2/h19-20,22-23,53-55,59-73,77-85H,4-18,21,24-52H2,1-3H3,(H,86,87)/b22-19-,23-20-. The summed E-state index contributed by atoms with van der Waals surface area (Å²) in [6.07, 6.45) is 13.9. The summed E-state index contributed by atoms with van der Waals surface area (Å²) in [5, 5.41) is 110. The van der Waals surface area contributed by atoms with Gasteiger partial charge in [-0.15, -0.1) is 0 Å². The van der Waals surface area contributed by atoms with E-state index in [1.807, 2.05) is 0 Å². The van der Waals surface area contributed by atoms with Crippen LogP contribution in [-0.4, -0.2) is 204 Å². The molecule has 18 unspecified atom stereocenters. The van der Waals surface area contributed by atoms with E-state index in [0.717, 1.165) is 135 Å². The highest BCUT2D eigenvalue weighted by Crippen LogP contribution is 2.49. The van der Waals surface area contributed by atoms with Gasteiger partial charge in [0.1, 0.15) is 98.7 Å². The van der Waals surface area contributed by atoms with E-state index in [0.29, 0.717) is 19.3 Å². The van der Waals surface area contributed by atoms with E-state index in [4.69, 9.17) is 42.2 Å². The number of carbonyl (C=O) groups is 3. The van der Waals surface area contributed by atoms with Gasteiger partial charge in [0.15, 0.2) is 18.7 Å². The lowest BCUT2D eigenvalue weighted by Crippen LogP contribution is -2.69. The fourth-order valence-electron chi connectivity index (χ4n) is 12.3. The van der Waals surface area contributed by atoms with Gasteiger partial charge in [-0.3, -0.25) is 23.4 Å². The number of phosphoric acid groups is 1. The number of ether oxygens (including phenoxy) is 7. The van der Waals surface area contributed by atoms with Crippen LogP contribution < -0.4 is 0 Å². The summed E-state index contributed by atoms with van der Waals surface area (Å²) in [4.78, 5) is 51.0. The molecule has 0 amide bonds. The maximum Gasteiger partial charge on any atom is 0.472 e. The number of aliphatic hydroxyl groups excluding tert-OH is 10. The zero-order chi connectivity index (χ0) is 71.1. The van der Waals surface area contributed by atoms with Crippen molar-refractivity contribution in [3.05, 3.63) is 24.3 Å². The molecule has 25 heteroatoms. The second kappa shape index (κ2) is 54.1. The largest absolute Gasteiger partial charge is 0.472 e. The fraction of sp³-hybridized carbons (Fsp3) is 0.903. The Morgan fingerprint density at radius 1 is 0.392 bits per heavy atom. The van der Waals surface area contributed by atoms with Gasteiger partial charge in [-0.2, -0.15) is 0 Å². The normalized spacial score (nSPS) is 27.9. The topological polar surface area (TPSA) is 374 Å². The molecule has 0 aromatic carbocycles. The van der Waals surface area contributed by atoms with E-state index in [1.165, 1.54) is 89.9 Å². The minimum Gasteiger partial charge on any atom is -0.463 e. The van der Waals surface area contributed by atoms with Crippen molar-refractivity contribution in [2.75, 3.05) is 26.4 Å². The smallest absolute Gasteiger partial charge is 0.463 e. The molecular formula is C72H131O24P. The van der Waals surface area contributed by atoms with Crippen molar-refractivity contribution < 1.29 is 117 Å². The van der Waals surface area contributed by atoms with Gasteiger partial charge in [0.2, 0.25) is 0 Å². The van der Waals surface area contributed by atoms with Crippen molar-refractivity contribution in [1.82, 2.24) is 0 Å². The zero-order valence-electron chi connectivity index (χ0n) is 59.1. The molecule has 1 aliphatic carbocycles. The Labute approximate surface area is 579 Å². The first-order valence-corrected chi connectivity index (χ1v) is 39.1. The first-order chi connectivity index (χ1) is 46.8. The summed E-state index contributed by atoms with van der Waals surface area (Å²) in [6, 6.07) is 0. The van der Waals surface area contributed by atoms with Gasteiger partial charge >= 0.3 is 25.7 Å². The molecule has 0 bridgehead atoms. The highest BCUT2D eigenvalue weighted by molar-refractivity contribution is 7.47. The van der Waals surface area contributed by atoms with Crippen LogP contribution in [0.2, 0.25) is 0 Å². The zero-order valence-corrected chi connectivity index (χ0v) is 60.0. The van der Waals surface area contributed by atoms with Crippen molar-refractivity contribution >= 4 is 25.7 Å². The van der Waals surface area contributed by atoms with Crippen LogP contribution in [-0.2, 0) is 61.2 Å². The number of hydrogen-bond acceptors (Lipinski definition) is 23. The van der Waals surface area contributed by atoms with E-state index in [2.05, 4.69) is 45.1 Å². The molecule has 2 saturated heterocycles. The second-order valence-corrected chi connectivity index (χ2v) is 28.4. The number of aliphatic hydroxyl groups is 10. The Kier molecular flexibility index (Phi) is 49.5. The number of esters is 3. The lowest BCUT2D eigenvalue weighted by Gasteiger charge is -2.49. The molecule has 0 spiro atoms. The minimum absolute atomic E-state index is 0.0236. The third kappa shape index (κ3) is 37.4. The summed E-state index contributed by atoms with van der Waals surface area (Å²) < 4.78 is 65.0. The predicted octanol–water partition coefficient (Wildman–Crippen LogP) is 10.1. The van der Waals surface area contributed by atoms with Crippen molar-refractivity contribution in [2.24, 2.45) is 0 Å². The molecule has 11 N–H and O–H groups in total. The molecule has 97 heavy (non-hydrogen) atoms. The molecule has 2 aliphatic heterocycles. The molecule has 2 heterocycles. The highest BCUT2D eigenvalue weighted by atomic mass is 31.2. The van der Waals surface area contributed by atoms with Gasteiger partial charge in [0.05, 0.1) is 13.2 Å². The highest BCUT2D eigenvalue weighted by Gasteiger charge is 2.58. The van der Waals surface area contributed by atoms with Gasteiger partial charge in [-0.1, -0.05) is 218 Å². The van der Waals surface area contributed by atoms with Crippen LogP contribution in [0, 0.1) is 0 Å². The first-order valence-electron chi connectivity index (χ1n) is 37.6. The summed E-state index contributed by atoms with van der Waals surface area (Å²) >= 11 is 0. The Morgan fingerprint density at radius 2 is 0.722 bits per heavy atom. The van der Waals surface area contributed by atoms with Crippen LogP contribution in [0.5, 0.6) is 0 Å². The molecular weight excluding hydrogens is 1280 g/mol. The second-order valence-electron chi connectivity index (χ2n) is 27.0. The Morgan fingerprint density at radius 3 is 1.12 bits per heavy atom. The molecule has 24 nitrogen and oxygen atoms in total. The predicted molar refractivity (Wildman–Crippen MR) is 365 cm³/mol. The lowest BCUT2D eigenvalue weighted by molar-refractivity contribution is -0.360. The number of phosphoric ester groups is 1.